The number of rotatable bonds is 3. The summed E-state index contributed by atoms with van der Waals surface area (Å²) in [5.41, 5.74) is 3.25. The predicted molar refractivity (Wildman–Crippen MR) is 101 cm³/mol. The average Bonchev–Trinajstić information content (AvgIpc) is 2.76. The van der Waals surface area contributed by atoms with Crippen LogP contribution in [0.4, 0.5) is 10.7 Å². The zero-order chi connectivity index (χ0) is 17.1. The predicted octanol–water partition coefficient (Wildman–Crippen LogP) is 4.92. The van der Waals surface area contributed by atoms with Gasteiger partial charge < -0.3 is 15.4 Å². The van der Waals surface area contributed by atoms with E-state index in [4.69, 9.17) is 28.6 Å². The molecule has 1 aromatic carbocycles. The largest absolute Gasteiger partial charge is 0.465 e. The second kappa shape index (κ2) is 7.29. The minimum Gasteiger partial charge on any atom is -0.465 e. The number of halogens is 1. The number of aryl methyl sites for hydroxylation is 2. The summed E-state index contributed by atoms with van der Waals surface area (Å²) in [5, 5.41) is 7.87. The third-order valence-corrected chi connectivity index (χ3v) is 5.01. The number of carbonyl (C=O) groups is 1. The number of methoxy groups -OCH3 is 1. The van der Waals surface area contributed by atoms with E-state index in [1.165, 1.54) is 18.4 Å². The minimum atomic E-state index is -0.379. The summed E-state index contributed by atoms with van der Waals surface area (Å²) in [6.07, 6.45) is 0. The number of thiophene rings is 1. The fourth-order valence-corrected chi connectivity index (χ4v) is 3.55. The Kier molecular flexibility index (Phi) is 5.62. The molecule has 1 aromatic heterocycles. The molecule has 0 saturated heterocycles. The van der Waals surface area contributed by atoms with Crippen LogP contribution in [0, 0.1) is 20.8 Å². The summed E-state index contributed by atoms with van der Waals surface area (Å²) < 4.78 is 4.85. The van der Waals surface area contributed by atoms with Gasteiger partial charge in [-0.25, -0.2) is 4.79 Å². The molecule has 0 radical (unpaired) electrons. The van der Waals surface area contributed by atoms with E-state index in [9.17, 15) is 4.79 Å². The zero-order valence-electron chi connectivity index (χ0n) is 13.2. The molecule has 0 aliphatic heterocycles. The van der Waals surface area contributed by atoms with Crippen LogP contribution >= 0.6 is 35.2 Å². The van der Waals surface area contributed by atoms with Gasteiger partial charge in [-0.2, -0.15) is 0 Å². The summed E-state index contributed by atoms with van der Waals surface area (Å²) in [7, 11) is 1.37. The molecule has 0 unspecified atom stereocenters. The molecule has 0 aliphatic carbocycles. The Morgan fingerprint density at radius 1 is 1.26 bits per heavy atom. The smallest absolute Gasteiger partial charge is 0.341 e. The third kappa shape index (κ3) is 4.02. The molecule has 7 heteroatoms. The molecule has 0 aliphatic rings. The molecular weight excluding hydrogens is 352 g/mol. The Morgan fingerprint density at radius 3 is 2.61 bits per heavy atom. The fraction of sp³-hybridized carbons (Fsp3) is 0.250. The van der Waals surface area contributed by atoms with Gasteiger partial charge in [0.25, 0.3) is 0 Å². The summed E-state index contributed by atoms with van der Waals surface area (Å²) in [4.78, 5) is 13.0. The van der Waals surface area contributed by atoms with Crippen molar-refractivity contribution < 1.29 is 9.53 Å². The molecule has 0 atom stereocenters. The molecule has 4 nitrogen and oxygen atoms in total. The van der Waals surface area contributed by atoms with E-state index < -0.39 is 0 Å². The van der Waals surface area contributed by atoms with E-state index in [-0.39, 0.29) is 5.97 Å². The highest BCUT2D eigenvalue weighted by Crippen LogP contribution is 2.33. The van der Waals surface area contributed by atoms with Crippen LogP contribution < -0.4 is 10.6 Å². The molecule has 23 heavy (non-hydrogen) atoms. The second-order valence-electron chi connectivity index (χ2n) is 5.02. The van der Waals surface area contributed by atoms with Crippen LogP contribution in [0.15, 0.2) is 18.2 Å². The van der Waals surface area contributed by atoms with E-state index in [2.05, 4.69) is 10.6 Å². The topological polar surface area (TPSA) is 50.4 Å². The van der Waals surface area contributed by atoms with E-state index in [1.54, 1.807) is 6.07 Å². The lowest BCUT2D eigenvalue weighted by atomic mass is 10.1. The van der Waals surface area contributed by atoms with E-state index in [0.29, 0.717) is 20.7 Å². The maximum atomic E-state index is 12.0. The summed E-state index contributed by atoms with van der Waals surface area (Å²) >= 11 is 12.8. The highest BCUT2D eigenvalue weighted by atomic mass is 35.5. The molecule has 0 amide bonds. The monoisotopic (exact) mass is 368 g/mol. The average molecular weight is 369 g/mol. The number of thiocarbonyl (C=S) groups is 1. The van der Waals surface area contributed by atoms with Gasteiger partial charge >= 0.3 is 5.97 Å². The van der Waals surface area contributed by atoms with Crippen LogP contribution in [0.5, 0.6) is 0 Å². The lowest BCUT2D eigenvalue weighted by Crippen LogP contribution is -2.20. The van der Waals surface area contributed by atoms with Crippen LogP contribution in [0.1, 0.15) is 26.4 Å². The first-order valence-electron chi connectivity index (χ1n) is 6.86. The number of anilines is 2. The molecule has 0 fully saturated rings. The first-order chi connectivity index (χ1) is 10.8. The maximum absolute atomic E-state index is 12.0. The van der Waals surface area contributed by atoms with Crippen molar-refractivity contribution in [3.05, 3.63) is 44.8 Å². The van der Waals surface area contributed by atoms with Gasteiger partial charge in [0.1, 0.15) is 5.00 Å². The second-order valence-corrected chi connectivity index (χ2v) is 7.09. The Bertz CT molecular complexity index is 772. The van der Waals surface area contributed by atoms with Gasteiger partial charge in [-0.1, -0.05) is 17.7 Å². The Morgan fingerprint density at radius 2 is 1.96 bits per heavy atom. The minimum absolute atomic E-state index is 0.379. The number of benzene rings is 1. The van der Waals surface area contributed by atoms with Gasteiger partial charge in [0.05, 0.1) is 12.7 Å². The quantitative estimate of drug-likeness (QED) is 0.594. The summed E-state index contributed by atoms with van der Waals surface area (Å²) in [5.74, 6) is -0.379. The van der Waals surface area contributed by atoms with Gasteiger partial charge in [0, 0.05) is 15.6 Å². The van der Waals surface area contributed by atoms with Crippen molar-refractivity contribution in [1.29, 1.82) is 0 Å². The molecule has 122 valence electrons. The van der Waals surface area contributed by atoms with E-state index in [0.717, 1.165) is 21.7 Å². The van der Waals surface area contributed by atoms with Gasteiger partial charge in [-0.15, -0.1) is 11.3 Å². The number of carbonyl (C=O) groups excluding carboxylic acids is 1. The fourth-order valence-electron chi connectivity index (χ4n) is 2.05. The number of nitrogens with one attached hydrogen (secondary N) is 2. The van der Waals surface area contributed by atoms with Gasteiger partial charge in [0.2, 0.25) is 0 Å². The first kappa shape index (κ1) is 17.7. The summed E-state index contributed by atoms with van der Waals surface area (Å²) in [6, 6.07) is 5.53. The van der Waals surface area contributed by atoms with Crippen molar-refractivity contribution in [1.82, 2.24) is 0 Å². The molecule has 0 saturated carbocycles. The van der Waals surface area contributed by atoms with E-state index in [1.807, 2.05) is 32.9 Å². The van der Waals surface area contributed by atoms with Crippen LogP contribution in [-0.4, -0.2) is 18.2 Å². The van der Waals surface area contributed by atoms with Crippen LogP contribution in [-0.2, 0) is 4.74 Å². The van der Waals surface area contributed by atoms with Crippen LogP contribution in [0.3, 0.4) is 0 Å². The highest BCUT2D eigenvalue weighted by molar-refractivity contribution is 7.80. The van der Waals surface area contributed by atoms with Crippen LogP contribution in [0.2, 0.25) is 5.02 Å². The summed E-state index contributed by atoms with van der Waals surface area (Å²) in [6.45, 7) is 5.80. The van der Waals surface area contributed by atoms with Crippen molar-refractivity contribution in [2.45, 2.75) is 20.8 Å². The SMILES string of the molecule is COC(=O)c1c(NC(=S)Nc2cc(Cl)ccc2C)sc(C)c1C. The Balaban J connectivity index is 2.22. The number of ether oxygens (including phenoxy) is 1. The molecule has 0 spiro atoms. The molecule has 2 rings (SSSR count). The van der Waals surface area contributed by atoms with Crippen molar-refractivity contribution in [2.24, 2.45) is 0 Å². The zero-order valence-corrected chi connectivity index (χ0v) is 15.6. The molecule has 2 aromatic rings. The van der Waals surface area contributed by atoms with Crippen LogP contribution in [0.25, 0.3) is 0 Å². The highest BCUT2D eigenvalue weighted by Gasteiger charge is 2.20. The number of hydrogen-bond acceptors (Lipinski definition) is 4. The van der Waals surface area contributed by atoms with Gasteiger partial charge in [-0.05, 0) is 56.2 Å². The van der Waals surface area contributed by atoms with Crippen molar-refractivity contribution in [2.75, 3.05) is 17.7 Å². The van der Waals surface area contributed by atoms with Crippen molar-refractivity contribution >= 4 is 56.9 Å². The van der Waals surface area contributed by atoms with E-state index >= 15 is 0 Å². The number of esters is 1. The molecule has 2 N–H and O–H groups in total. The maximum Gasteiger partial charge on any atom is 0.341 e. The Labute approximate surface area is 149 Å². The molecule has 1 heterocycles. The number of hydrogen-bond donors (Lipinski definition) is 2. The van der Waals surface area contributed by atoms with Crippen molar-refractivity contribution in [3.8, 4) is 0 Å². The first-order valence-corrected chi connectivity index (χ1v) is 8.46. The third-order valence-electron chi connectivity index (χ3n) is 3.45. The van der Waals surface area contributed by atoms with Crippen molar-refractivity contribution in [3.63, 3.8) is 0 Å². The standard InChI is InChI=1S/C16H17ClN2O2S2/c1-8-5-6-11(17)7-12(8)18-16(22)19-14-13(15(20)21-4)9(2)10(3)23-14/h5-7H,1-4H3,(H2,18,19,22). The molecular formula is C16H17ClN2O2S2. The molecule has 0 bridgehead atoms. The lowest BCUT2D eigenvalue weighted by Gasteiger charge is -2.13. The Hall–Kier alpha value is -1.63. The lowest BCUT2D eigenvalue weighted by molar-refractivity contribution is 0.0601. The van der Waals surface area contributed by atoms with Gasteiger partial charge in [0.15, 0.2) is 5.11 Å². The normalized spacial score (nSPS) is 10.3. The van der Waals surface area contributed by atoms with Gasteiger partial charge in [-0.3, -0.25) is 0 Å².